The van der Waals surface area contributed by atoms with Gasteiger partial charge >= 0.3 is 0 Å². The first-order valence-corrected chi connectivity index (χ1v) is 9.03. The highest BCUT2D eigenvalue weighted by Gasteiger charge is 2.35. The average molecular weight is 298 g/mol. The maximum Gasteiger partial charge on any atom is 0.211 e. The van der Waals surface area contributed by atoms with Crippen LogP contribution in [0.4, 0.5) is 5.69 Å². The molecule has 1 heterocycles. The summed E-state index contributed by atoms with van der Waals surface area (Å²) in [4.78, 5) is 2.25. The molecule has 4 nitrogen and oxygen atoms in total. The Hall–Kier alpha value is -1.07. The minimum absolute atomic E-state index is 0.00366. The quantitative estimate of drug-likeness (QED) is 0.842. The van der Waals surface area contributed by atoms with Crippen LogP contribution in [0.2, 0.25) is 0 Å². The summed E-state index contributed by atoms with van der Waals surface area (Å²) in [7, 11) is -3.12. The van der Waals surface area contributed by atoms with E-state index in [4.69, 9.17) is 0 Å². The number of anilines is 1. The third-order valence-electron chi connectivity index (χ3n) is 3.34. The SMILES string of the molecule is CC.CC1CN(c2ccccc2)CC(C)N1S(C)(=O)=O. The van der Waals surface area contributed by atoms with Crippen LogP contribution in [0.25, 0.3) is 0 Å². The molecule has 0 amide bonds. The van der Waals surface area contributed by atoms with Crippen LogP contribution in [-0.4, -0.2) is 44.2 Å². The van der Waals surface area contributed by atoms with E-state index in [1.807, 2.05) is 45.9 Å². The molecule has 1 aliphatic heterocycles. The van der Waals surface area contributed by atoms with Gasteiger partial charge < -0.3 is 4.90 Å². The van der Waals surface area contributed by atoms with Gasteiger partial charge in [0.25, 0.3) is 0 Å². The zero-order valence-electron chi connectivity index (χ0n) is 13.1. The molecule has 2 unspecified atom stereocenters. The monoisotopic (exact) mass is 298 g/mol. The fraction of sp³-hybridized carbons (Fsp3) is 0.600. The molecule has 5 heteroatoms. The largest absolute Gasteiger partial charge is 0.368 e. The van der Waals surface area contributed by atoms with E-state index in [-0.39, 0.29) is 12.1 Å². The molecule has 0 radical (unpaired) electrons. The van der Waals surface area contributed by atoms with Crippen molar-refractivity contribution in [3.05, 3.63) is 30.3 Å². The van der Waals surface area contributed by atoms with Crippen LogP contribution in [-0.2, 0) is 10.0 Å². The standard InChI is InChI=1S/C13H20N2O2S.C2H6/c1-11-9-14(13-7-5-4-6-8-13)10-12(2)15(11)18(3,16)17;1-2/h4-8,11-12H,9-10H2,1-3H3;1-2H3. The van der Waals surface area contributed by atoms with E-state index in [1.165, 1.54) is 6.26 Å². The molecular formula is C15H26N2O2S. The van der Waals surface area contributed by atoms with Crippen LogP contribution in [0.15, 0.2) is 30.3 Å². The first-order chi connectivity index (χ1) is 9.39. The second kappa shape index (κ2) is 7.09. The Labute approximate surface area is 123 Å². The fourth-order valence-corrected chi connectivity index (χ4v) is 4.25. The summed E-state index contributed by atoms with van der Waals surface area (Å²) >= 11 is 0. The molecule has 2 atom stereocenters. The van der Waals surface area contributed by atoms with E-state index in [1.54, 1.807) is 4.31 Å². The Kier molecular flexibility index (Phi) is 6.02. The van der Waals surface area contributed by atoms with Crippen molar-refractivity contribution in [1.82, 2.24) is 4.31 Å². The Bertz CT molecular complexity index is 490. The normalized spacial score (nSPS) is 23.9. The Morgan fingerprint density at radius 3 is 1.85 bits per heavy atom. The van der Waals surface area contributed by atoms with Crippen molar-refractivity contribution in [3.63, 3.8) is 0 Å². The topological polar surface area (TPSA) is 40.6 Å². The van der Waals surface area contributed by atoms with Crippen molar-refractivity contribution in [1.29, 1.82) is 0 Å². The third kappa shape index (κ3) is 3.96. The van der Waals surface area contributed by atoms with Gasteiger partial charge in [0.2, 0.25) is 10.0 Å². The van der Waals surface area contributed by atoms with E-state index in [0.717, 1.165) is 18.8 Å². The lowest BCUT2D eigenvalue weighted by atomic mass is 10.1. The first kappa shape index (κ1) is 17.0. The molecule has 1 aromatic rings. The van der Waals surface area contributed by atoms with Gasteiger partial charge in [0, 0.05) is 30.9 Å². The summed E-state index contributed by atoms with van der Waals surface area (Å²) in [5.41, 5.74) is 1.16. The summed E-state index contributed by atoms with van der Waals surface area (Å²) in [5.74, 6) is 0. The van der Waals surface area contributed by atoms with Crippen molar-refractivity contribution < 1.29 is 8.42 Å². The molecule has 0 aromatic heterocycles. The number of piperazine rings is 1. The zero-order chi connectivity index (χ0) is 15.3. The summed E-state index contributed by atoms with van der Waals surface area (Å²) in [6, 6.07) is 10.1. The second-order valence-electron chi connectivity index (χ2n) is 5.03. The molecule has 1 aromatic carbocycles. The maximum absolute atomic E-state index is 11.8. The van der Waals surface area contributed by atoms with E-state index in [9.17, 15) is 8.42 Å². The van der Waals surface area contributed by atoms with Gasteiger partial charge in [-0.2, -0.15) is 4.31 Å². The lowest BCUT2D eigenvalue weighted by Crippen LogP contribution is -2.58. The Morgan fingerprint density at radius 1 is 1.00 bits per heavy atom. The molecule has 20 heavy (non-hydrogen) atoms. The molecule has 1 fully saturated rings. The second-order valence-corrected chi connectivity index (χ2v) is 6.92. The highest BCUT2D eigenvalue weighted by Crippen LogP contribution is 2.23. The summed E-state index contributed by atoms with van der Waals surface area (Å²) < 4.78 is 25.1. The van der Waals surface area contributed by atoms with Crippen molar-refractivity contribution in [2.45, 2.75) is 39.8 Å². The molecule has 0 bridgehead atoms. The molecule has 1 aliphatic rings. The van der Waals surface area contributed by atoms with Gasteiger partial charge in [0.05, 0.1) is 6.26 Å². The maximum atomic E-state index is 11.8. The van der Waals surface area contributed by atoms with Crippen LogP contribution < -0.4 is 4.90 Å². The minimum Gasteiger partial charge on any atom is -0.368 e. The predicted molar refractivity (Wildman–Crippen MR) is 85.6 cm³/mol. The van der Waals surface area contributed by atoms with E-state index >= 15 is 0 Å². The van der Waals surface area contributed by atoms with E-state index < -0.39 is 10.0 Å². The Balaban J connectivity index is 0.000000956. The number of hydrogen-bond acceptors (Lipinski definition) is 3. The van der Waals surface area contributed by atoms with Crippen molar-refractivity contribution >= 4 is 15.7 Å². The van der Waals surface area contributed by atoms with Crippen molar-refractivity contribution in [2.75, 3.05) is 24.2 Å². The number of para-hydroxylation sites is 1. The highest BCUT2D eigenvalue weighted by molar-refractivity contribution is 7.88. The minimum atomic E-state index is -3.12. The number of sulfonamides is 1. The number of rotatable bonds is 2. The first-order valence-electron chi connectivity index (χ1n) is 7.18. The van der Waals surface area contributed by atoms with Gasteiger partial charge in [-0.25, -0.2) is 8.42 Å². The molecule has 1 saturated heterocycles. The van der Waals surface area contributed by atoms with Crippen molar-refractivity contribution in [2.24, 2.45) is 0 Å². The van der Waals surface area contributed by atoms with Gasteiger partial charge in [-0.05, 0) is 26.0 Å². The third-order valence-corrected chi connectivity index (χ3v) is 4.83. The molecule has 0 N–H and O–H groups in total. The number of benzene rings is 1. The summed E-state index contributed by atoms with van der Waals surface area (Å²) in [6.45, 7) is 9.40. The molecule has 0 spiro atoms. The molecule has 0 aliphatic carbocycles. The van der Waals surface area contributed by atoms with Crippen LogP contribution in [0, 0.1) is 0 Å². The predicted octanol–water partition coefficient (Wildman–Crippen LogP) is 2.57. The average Bonchev–Trinajstić information content (AvgIpc) is 2.39. The summed E-state index contributed by atoms with van der Waals surface area (Å²) in [6.07, 6.45) is 1.29. The van der Waals surface area contributed by atoms with Crippen LogP contribution >= 0.6 is 0 Å². The molecule has 2 rings (SSSR count). The highest BCUT2D eigenvalue weighted by atomic mass is 32.2. The lowest BCUT2D eigenvalue weighted by Gasteiger charge is -2.43. The van der Waals surface area contributed by atoms with Crippen LogP contribution in [0.5, 0.6) is 0 Å². The van der Waals surface area contributed by atoms with E-state index in [2.05, 4.69) is 17.0 Å². The van der Waals surface area contributed by atoms with Gasteiger partial charge in [0.15, 0.2) is 0 Å². The van der Waals surface area contributed by atoms with Crippen molar-refractivity contribution in [3.8, 4) is 0 Å². The molecule has 0 saturated carbocycles. The smallest absolute Gasteiger partial charge is 0.211 e. The summed E-state index contributed by atoms with van der Waals surface area (Å²) in [5, 5.41) is 0. The van der Waals surface area contributed by atoms with E-state index in [0.29, 0.717) is 0 Å². The molecular weight excluding hydrogens is 272 g/mol. The van der Waals surface area contributed by atoms with Gasteiger partial charge in [-0.15, -0.1) is 0 Å². The molecule has 114 valence electrons. The van der Waals surface area contributed by atoms with Gasteiger partial charge in [0.1, 0.15) is 0 Å². The number of hydrogen-bond donors (Lipinski definition) is 0. The van der Waals surface area contributed by atoms with Crippen LogP contribution in [0.1, 0.15) is 27.7 Å². The number of nitrogens with zero attached hydrogens (tertiary/aromatic N) is 2. The fourth-order valence-electron chi connectivity index (χ4n) is 2.81. The zero-order valence-corrected chi connectivity index (χ0v) is 13.9. The van der Waals surface area contributed by atoms with Gasteiger partial charge in [-0.1, -0.05) is 32.0 Å². The van der Waals surface area contributed by atoms with Crippen LogP contribution in [0.3, 0.4) is 0 Å². The van der Waals surface area contributed by atoms with Gasteiger partial charge in [-0.3, -0.25) is 0 Å². The lowest BCUT2D eigenvalue weighted by molar-refractivity contribution is 0.243. The Morgan fingerprint density at radius 2 is 1.45 bits per heavy atom.